The van der Waals surface area contributed by atoms with Crippen molar-refractivity contribution < 1.29 is 18.7 Å². The average Bonchev–Trinajstić information content (AvgIpc) is 2.69. The molecule has 5 heteroatoms. The van der Waals surface area contributed by atoms with Gasteiger partial charge in [0.25, 0.3) is 5.91 Å². The van der Waals surface area contributed by atoms with Gasteiger partial charge in [-0.2, -0.15) is 0 Å². The summed E-state index contributed by atoms with van der Waals surface area (Å²) in [5.74, 6) is -0.631. The fourth-order valence-corrected chi connectivity index (χ4v) is 2.58. The predicted octanol–water partition coefficient (Wildman–Crippen LogP) is 2.57. The van der Waals surface area contributed by atoms with Gasteiger partial charge in [0.1, 0.15) is 5.58 Å². The van der Waals surface area contributed by atoms with Crippen molar-refractivity contribution >= 4 is 22.8 Å². The number of hydrogen-bond donors (Lipinski definition) is 1. The van der Waals surface area contributed by atoms with Crippen LogP contribution in [0.1, 0.15) is 35.4 Å². The minimum atomic E-state index is -0.729. The second-order valence-electron chi connectivity index (χ2n) is 5.23. The largest absolute Gasteiger partial charge is 0.449 e. The Bertz CT molecular complexity index is 689. The van der Waals surface area contributed by atoms with Gasteiger partial charge in [-0.15, -0.1) is 0 Å². The maximum Gasteiger partial charge on any atom is 0.375 e. The van der Waals surface area contributed by atoms with E-state index < -0.39 is 12.1 Å². The summed E-state index contributed by atoms with van der Waals surface area (Å²) < 4.78 is 10.9. The van der Waals surface area contributed by atoms with Gasteiger partial charge in [-0.3, -0.25) is 4.79 Å². The van der Waals surface area contributed by atoms with Crippen molar-refractivity contribution in [3.63, 3.8) is 0 Å². The van der Waals surface area contributed by atoms with E-state index in [1.807, 2.05) is 25.1 Å². The summed E-state index contributed by atoms with van der Waals surface area (Å²) in [4.78, 5) is 24.1. The lowest BCUT2D eigenvalue weighted by Gasteiger charge is -2.13. The third-order valence-corrected chi connectivity index (χ3v) is 3.76. The highest BCUT2D eigenvalue weighted by molar-refractivity contribution is 5.97. The van der Waals surface area contributed by atoms with Crippen LogP contribution in [0, 0.1) is 6.92 Å². The van der Waals surface area contributed by atoms with Crippen molar-refractivity contribution in [1.29, 1.82) is 0 Å². The van der Waals surface area contributed by atoms with Crippen LogP contribution in [0.3, 0.4) is 0 Å². The first-order valence-electron chi connectivity index (χ1n) is 7.13. The van der Waals surface area contributed by atoms with Gasteiger partial charge in [0.15, 0.2) is 6.10 Å². The van der Waals surface area contributed by atoms with Gasteiger partial charge >= 0.3 is 5.97 Å². The number of nitrogens with one attached hydrogen (secondary N) is 1. The molecule has 0 radical (unpaired) electrons. The molecule has 1 N–H and O–H groups in total. The SMILES string of the molecule is Cc1c(C(=O)O[C@H]2CCCCNC2=O)oc2ccccc12. The lowest BCUT2D eigenvalue weighted by Crippen LogP contribution is -2.36. The van der Waals surface area contributed by atoms with Gasteiger partial charge in [-0.1, -0.05) is 18.2 Å². The predicted molar refractivity (Wildman–Crippen MR) is 77.0 cm³/mol. The molecule has 1 aromatic carbocycles. The topological polar surface area (TPSA) is 68.5 Å². The van der Waals surface area contributed by atoms with E-state index in [0.29, 0.717) is 18.5 Å². The zero-order valence-corrected chi connectivity index (χ0v) is 11.8. The van der Waals surface area contributed by atoms with Crippen LogP contribution >= 0.6 is 0 Å². The van der Waals surface area contributed by atoms with Crippen LogP contribution in [-0.2, 0) is 9.53 Å². The van der Waals surface area contributed by atoms with Gasteiger partial charge in [-0.05, 0) is 32.3 Å². The molecule has 1 atom stereocenters. The molecule has 1 aliphatic heterocycles. The van der Waals surface area contributed by atoms with E-state index in [1.54, 1.807) is 6.07 Å². The van der Waals surface area contributed by atoms with E-state index in [1.165, 1.54) is 0 Å². The summed E-state index contributed by atoms with van der Waals surface area (Å²) >= 11 is 0. The number of aryl methyl sites for hydroxylation is 1. The van der Waals surface area contributed by atoms with Crippen LogP contribution in [0.2, 0.25) is 0 Å². The minimum Gasteiger partial charge on any atom is -0.449 e. The van der Waals surface area contributed by atoms with Gasteiger partial charge in [0, 0.05) is 17.5 Å². The molecule has 0 bridgehead atoms. The van der Waals surface area contributed by atoms with Crippen molar-refractivity contribution in [1.82, 2.24) is 5.32 Å². The molecule has 5 nitrogen and oxygen atoms in total. The number of fused-ring (bicyclic) bond motifs is 1. The fraction of sp³-hybridized carbons (Fsp3) is 0.375. The quantitative estimate of drug-likeness (QED) is 0.862. The zero-order valence-electron chi connectivity index (χ0n) is 11.8. The molecule has 0 aliphatic carbocycles. The molecule has 0 spiro atoms. The van der Waals surface area contributed by atoms with Crippen LogP contribution in [-0.4, -0.2) is 24.5 Å². The van der Waals surface area contributed by atoms with E-state index in [2.05, 4.69) is 5.32 Å². The maximum absolute atomic E-state index is 12.3. The Hall–Kier alpha value is -2.30. The van der Waals surface area contributed by atoms with E-state index >= 15 is 0 Å². The second kappa shape index (κ2) is 5.60. The number of esters is 1. The van der Waals surface area contributed by atoms with E-state index in [9.17, 15) is 9.59 Å². The molecule has 2 aromatic rings. The third-order valence-electron chi connectivity index (χ3n) is 3.76. The number of ether oxygens (including phenoxy) is 1. The number of carbonyl (C=O) groups is 2. The number of para-hydroxylation sites is 1. The van der Waals surface area contributed by atoms with Crippen LogP contribution in [0.15, 0.2) is 28.7 Å². The molecule has 1 amide bonds. The standard InChI is InChI=1S/C16H17NO4/c1-10-11-6-2-3-7-12(11)20-14(10)16(19)21-13-8-4-5-9-17-15(13)18/h2-3,6-7,13H,4-5,8-9H2,1H3,(H,17,18)/t13-/m0/s1. The lowest BCUT2D eigenvalue weighted by atomic mass is 10.1. The maximum atomic E-state index is 12.3. The van der Waals surface area contributed by atoms with Gasteiger partial charge in [0.05, 0.1) is 0 Å². The van der Waals surface area contributed by atoms with E-state index in [4.69, 9.17) is 9.15 Å². The number of furan rings is 1. The third kappa shape index (κ3) is 2.63. The number of amides is 1. The molecule has 1 saturated heterocycles. The molecule has 0 saturated carbocycles. The molecule has 110 valence electrons. The van der Waals surface area contributed by atoms with Crippen LogP contribution in [0.4, 0.5) is 0 Å². The van der Waals surface area contributed by atoms with Crippen molar-refractivity contribution in [3.8, 4) is 0 Å². The number of carbonyl (C=O) groups excluding carboxylic acids is 2. The van der Waals surface area contributed by atoms with Crippen molar-refractivity contribution in [2.45, 2.75) is 32.3 Å². The zero-order chi connectivity index (χ0) is 14.8. The first-order chi connectivity index (χ1) is 10.2. The van der Waals surface area contributed by atoms with Crippen molar-refractivity contribution in [2.24, 2.45) is 0 Å². The second-order valence-corrected chi connectivity index (χ2v) is 5.23. The molecule has 1 aromatic heterocycles. The smallest absolute Gasteiger partial charge is 0.375 e. The molecular weight excluding hydrogens is 270 g/mol. The Kier molecular flexibility index (Phi) is 3.64. The Balaban J connectivity index is 1.83. The molecule has 3 rings (SSSR count). The Morgan fingerprint density at radius 1 is 1.33 bits per heavy atom. The lowest BCUT2D eigenvalue weighted by molar-refractivity contribution is -0.129. The van der Waals surface area contributed by atoms with Gasteiger partial charge < -0.3 is 14.5 Å². The highest BCUT2D eigenvalue weighted by Crippen LogP contribution is 2.26. The van der Waals surface area contributed by atoms with Crippen LogP contribution in [0.25, 0.3) is 11.0 Å². The summed E-state index contributed by atoms with van der Waals surface area (Å²) in [6, 6.07) is 7.43. The molecular formula is C16H17NO4. The van der Waals surface area contributed by atoms with Gasteiger partial charge in [0.2, 0.25) is 5.76 Å². The normalized spacial score (nSPS) is 19.1. The van der Waals surface area contributed by atoms with Crippen molar-refractivity contribution in [3.05, 3.63) is 35.6 Å². The van der Waals surface area contributed by atoms with Crippen LogP contribution < -0.4 is 5.32 Å². The summed E-state index contributed by atoms with van der Waals surface area (Å²) in [7, 11) is 0. The first-order valence-corrected chi connectivity index (χ1v) is 7.13. The molecule has 0 unspecified atom stereocenters. The first kappa shape index (κ1) is 13.7. The summed E-state index contributed by atoms with van der Waals surface area (Å²) in [5.41, 5.74) is 1.39. The van der Waals surface area contributed by atoms with E-state index in [-0.39, 0.29) is 11.7 Å². The summed E-state index contributed by atoms with van der Waals surface area (Å²) in [6.07, 6.45) is 1.59. The monoisotopic (exact) mass is 287 g/mol. The number of rotatable bonds is 2. The van der Waals surface area contributed by atoms with Crippen molar-refractivity contribution in [2.75, 3.05) is 6.54 Å². The summed E-state index contributed by atoms with van der Waals surface area (Å²) in [5, 5.41) is 3.63. The molecule has 1 aliphatic rings. The molecule has 21 heavy (non-hydrogen) atoms. The number of hydrogen-bond acceptors (Lipinski definition) is 4. The highest BCUT2D eigenvalue weighted by atomic mass is 16.6. The van der Waals surface area contributed by atoms with E-state index in [0.717, 1.165) is 23.8 Å². The molecule has 1 fully saturated rings. The number of benzene rings is 1. The Labute approximate surface area is 122 Å². The Morgan fingerprint density at radius 3 is 2.95 bits per heavy atom. The summed E-state index contributed by atoms with van der Waals surface area (Å²) in [6.45, 7) is 2.45. The fourth-order valence-electron chi connectivity index (χ4n) is 2.58. The Morgan fingerprint density at radius 2 is 2.14 bits per heavy atom. The molecule has 2 heterocycles. The van der Waals surface area contributed by atoms with Gasteiger partial charge in [-0.25, -0.2) is 4.79 Å². The highest BCUT2D eigenvalue weighted by Gasteiger charge is 2.27. The average molecular weight is 287 g/mol. The van der Waals surface area contributed by atoms with Crippen LogP contribution in [0.5, 0.6) is 0 Å². The minimum absolute atomic E-state index is 0.174.